The molecule has 0 aliphatic carbocycles. The van der Waals surface area contributed by atoms with Gasteiger partial charge in [0.25, 0.3) is 0 Å². The summed E-state index contributed by atoms with van der Waals surface area (Å²) in [6, 6.07) is -0.564. The average molecular weight is 999 g/mol. The smallest absolute Gasteiger partial charge is 0.305 e. The lowest BCUT2D eigenvalue weighted by Gasteiger charge is -2.22. The minimum Gasteiger partial charge on any atom is -0.466 e. The van der Waals surface area contributed by atoms with Crippen LogP contribution in [0.2, 0.25) is 0 Å². The van der Waals surface area contributed by atoms with Crippen LogP contribution in [0.1, 0.15) is 341 Å². The highest BCUT2D eigenvalue weighted by Gasteiger charge is 2.20. The normalized spacial score (nSPS) is 12.8. The summed E-state index contributed by atoms with van der Waals surface area (Å²) in [7, 11) is 0. The van der Waals surface area contributed by atoms with Crippen LogP contribution in [0.5, 0.6) is 0 Å². The molecule has 0 bridgehead atoms. The minimum atomic E-state index is -0.684. The predicted octanol–water partition coefficient (Wildman–Crippen LogP) is 20.0. The van der Waals surface area contributed by atoms with Gasteiger partial charge in [0.1, 0.15) is 0 Å². The number of hydrogen-bond acceptors (Lipinski definition) is 5. The van der Waals surface area contributed by atoms with E-state index < -0.39 is 12.1 Å². The van der Waals surface area contributed by atoms with E-state index in [0.29, 0.717) is 25.9 Å². The van der Waals surface area contributed by atoms with E-state index in [0.717, 1.165) is 77.0 Å². The first-order valence-electron chi connectivity index (χ1n) is 31.7. The second-order valence-corrected chi connectivity index (χ2v) is 21.7. The van der Waals surface area contributed by atoms with Gasteiger partial charge in [-0.15, -0.1) is 0 Å². The van der Waals surface area contributed by atoms with Crippen molar-refractivity contribution in [2.75, 3.05) is 13.2 Å². The molecule has 0 aromatic carbocycles. The number of carbonyl (C=O) groups excluding carboxylic acids is 2. The highest BCUT2D eigenvalue weighted by atomic mass is 16.5. The molecule has 0 rings (SSSR count). The Labute approximate surface area is 443 Å². The lowest BCUT2D eigenvalue weighted by molar-refractivity contribution is -0.143. The Morgan fingerprint density at radius 3 is 1.11 bits per heavy atom. The molecule has 0 aromatic heterocycles. The predicted molar refractivity (Wildman–Crippen MR) is 310 cm³/mol. The lowest BCUT2D eigenvalue weighted by atomic mass is 10.0. The Balaban J connectivity index is 3.48. The number of ether oxygens (including phenoxy) is 1. The number of allylic oxidation sites excluding steroid dienone is 6. The van der Waals surface area contributed by atoms with Crippen molar-refractivity contribution < 1.29 is 24.5 Å². The van der Waals surface area contributed by atoms with Gasteiger partial charge in [-0.05, 0) is 83.5 Å². The fraction of sp³-hybridized carbons (Fsp3) is 0.877. The molecule has 0 saturated heterocycles. The third kappa shape index (κ3) is 57.2. The van der Waals surface area contributed by atoms with Gasteiger partial charge in [0.05, 0.1) is 25.4 Å². The van der Waals surface area contributed by atoms with Gasteiger partial charge in [0.15, 0.2) is 0 Å². The summed E-state index contributed by atoms with van der Waals surface area (Å²) >= 11 is 0. The number of hydrogen-bond donors (Lipinski definition) is 3. The van der Waals surface area contributed by atoms with Crippen LogP contribution in [0.4, 0.5) is 0 Å². The molecule has 0 aromatic rings. The van der Waals surface area contributed by atoms with Gasteiger partial charge < -0.3 is 20.3 Å². The first kappa shape index (κ1) is 69.1. The number of unbranched alkanes of at least 4 members (excludes halogenated alkanes) is 42. The number of amides is 1. The van der Waals surface area contributed by atoms with E-state index in [1.807, 2.05) is 0 Å². The average Bonchev–Trinajstić information content (AvgIpc) is 3.37. The van der Waals surface area contributed by atoms with Gasteiger partial charge in [-0.2, -0.15) is 0 Å². The first-order chi connectivity index (χ1) is 35.0. The second-order valence-electron chi connectivity index (χ2n) is 21.7. The minimum absolute atomic E-state index is 0.0192. The summed E-state index contributed by atoms with van der Waals surface area (Å²) in [5.41, 5.74) is 0. The van der Waals surface area contributed by atoms with Gasteiger partial charge in [-0.1, -0.05) is 281 Å². The maximum atomic E-state index is 12.5. The second kappa shape index (κ2) is 60.6. The summed E-state index contributed by atoms with van der Waals surface area (Å²) in [5, 5.41) is 23.4. The third-order valence-electron chi connectivity index (χ3n) is 14.7. The molecule has 0 saturated carbocycles. The fourth-order valence-corrected chi connectivity index (χ4v) is 9.78. The molecule has 6 nitrogen and oxygen atoms in total. The van der Waals surface area contributed by atoms with Gasteiger partial charge >= 0.3 is 5.97 Å². The number of esters is 1. The van der Waals surface area contributed by atoms with Crippen molar-refractivity contribution in [3.05, 3.63) is 36.5 Å². The number of rotatable bonds is 59. The van der Waals surface area contributed by atoms with Gasteiger partial charge in [-0.25, -0.2) is 0 Å². The molecule has 3 N–H and O–H groups in total. The Morgan fingerprint density at radius 1 is 0.394 bits per heavy atom. The summed E-state index contributed by atoms with van der Waals surface area (Å²) in [6.07, 6.45) is 75.8. The highest BCUT2D eigenvalue weighted by Crippen LogP contribution is 2.18. The van der Waals surface area contributed by atoms with Crippen molar-refractivity contribution in [1.29, 1.82) is 0 Å². The zero-order chi connectivity index (χ0) is 51.4. The lowest BCUT2D eigenvalue weighted by Crippen LogP contribution is -2.45. The zero-order valence-corrected chi connectivity index (χ0v) is 47.7. The topological polar surface area (TPSA) is 95.9 Å². The van der Waals surface area contributed by atoms with E-state index in [4.69, 9.17) is 4.74 Å². The van der Waals surface area contributed by atoms with Gasteiger partial charge in [0, 0.05) is 12.8 Å². The fourth-order valence-electron chi connectivity index (χ4n) is 9.78. The van der Waals surface area contributed by atoms with Crippen LogP contribution < -0.4 is 5.32 Å². The Kier molecular flexibility index (Phi) is 59.0. The van der Waals surface area contributed by atoms with Crippen molar-refractivity contribution in [1.82, 2.24) is 5.32 Å². The molecule has 0 spiro atoms. The maximum Gasteiger partial charge on any atom is 0.305 e. The first-order valence-corrected chi connectivity index (χ1v) is 31.7. The van der Waals surface area contributed by atoms with Crippen LogP contribution in [0.15, 0.2) is 36.5 Å². The largest absolute Gasteiger partial charge is 0.466 e. The maximum absolute atomic E-state index is 12.5. The van der Waals surface area contributed by atoms with E-state index in [1.54, 1.807) is 0 Å². The molecular formula is C65H123NO5. The van der Waals surface area contributed by atoms with E-state index in [9.17, 15) is 19.8 Å². The SMILES string of the molecule is CCCCCC/C=C\C/C=C\CCCCCCCCCC(=O)OCCCCCCCC/C=C\CCCCCC(=O)NC(CO)C(O)CCCCCCCCCCCCCCCCCCCCCCCCC. The number of aliphatic hydroxyl groups excluding tert-OH is 2. The summed E-state index contributed by atoms with van der Waals surface area (Å²) < 4.78 is 5.48. The number of nitrogens with one attached hydrogen (secondary N) is 1. The standard InChI is InChI=1S/C65H123NO5/c1-3-5-7-9-11-13-15-17-19-21-23-24-25-26-27-28-30-33-37-41-45-49-53-57-63(68)62(61-67)66-64(69)58-54-50-46-42-38-34-32-36-40-44-48-52-56-60-71-65(70)59-55-51-47-43-39-35-31-29-22-20-18-16-14-12-10-8-6-4-2/h14,16,20,22,34,38,62-63,67-68H,3-13,15,17-19,21,23-33,35-37,39-61H2,1-2H3,(H,66,69)/b16-14-,22-20-,38-34-. The Morgan fingerprint density at radius 2 is 0.704 bits per heavy atom. The number of carbonyl (C=O) groups is 2. The van der Waals surface area contributed by atoms with E-state index in [1.165, 1.54) is 231 Å². The van der Waals surface area contributed by atoms with Crippen molar-refractivity contribution in [2.45, 2.75) is 353 Å². The molecule has 2 atom stereocenters. The highest BCUT2D eigenvalue weighted by molar-refractivity contribution is 5.76. The monoisotopic (exact) mass is 998 g/mol. The molecule has 0 aliphatic heterocycles. The molecule has 0 aliphatic rings. The number of aliphatic hydroxyl groups is 2. The molecule has 0 radical (unpaired) electrons. The molecule has 418 valence electrons. The van der Waals surface area contributed by atoms with Crippen LogP contribution >= 0.6 is 0 Å². The zero-order valence-electron chi connectivity index (χ0n) is 47.7. The van der Waals surface area contributed by atoms with E-state index >= 15 is 0 Å². The molecule has 1 amide bonds. The van der Waals surface area contributed by atoms with Crippen LogP contribution in [-0.4, -0.2) is 47.4 Å². The molecule has 6 heteroatoms. The summed E-state index contributed by atoms with van der Waals surface area (Å²) in [4.78, 5) is 24.6. The van der Waals surface area contributed by atoms with E-state index in [2.05, 4.69) is 55.6 Å². The van der Waals surface area contributed by atoms with Crippen molar-refractivity contribution in [2.24, 2.45) is 0 Å². The third-order valence-corrected chi connectivity index (χ3v) is 14.7. The summed E-state index contributed by atoms with van der Waals surface area (Å²) in [6.45, 7) is 4.91. The molecule has 0 heterocycles. The molecule has 0 fully saturated rings. The van der Waals surface area contributed by atoms with Crippen molar-refractivity contribution >= 4 is 11.9 Å². The molecular weight excluding hydrogens is 875 g/mol. The van der Waals surface area contributed by atoms with Crippen molar-refractivity contribution in [3.63, 3.8) is 0 Å². The van der Waals surface area contributed by atoms with Crippen LogP contribution in [0.3, 0.4) is 0 Å². The van der Waals surface area contributed by atoms with Crippen molar-refractivity contribution in [3.8, 4) is 0 Å². The quantitative estimate of drug-likeness (QED) is 0.0321. The van der Waals surface area contributed by atoms with Gasteiger partial charge in [0.2, 0.25) is 5.91 Å². The summed E-state index contributed by atoms with van der Waals surface area (Å²) in [5.74, 6) is -0.0816. The Bertz CT molecular complexity index is 1150. The van der Waals surface area contributed by atoms with E-state index in [-0.39, 0.29) is 18.5 Å². The van der Waals surface area contributed by atoms with Crippen LogP contribution in [-0.2, 0) is 14.3 Å². The van der Waals surface area contributed by atoms with Gasteiger partial charge in [-0.3, -0.25) is 9.59 Å². The molecule has 71 heavy (non-hydrogen) atoms. The van der Waals surface area contributed by atoms with Crippen LogP contribution in [0, 0.1) is 0 Å². The Hall–Kier alpha value is -1.92. The van der Waals surface area contributed by atoms with Crippen LogP contribution in [0.25, 0.3) is 0 Å². The molecule has 2 unspecified atom stereocenters.